The summed E-state index contributed by atoms with van der Waals surface area (Å²) in [4.78, 5) is 25.8. The molecule has 0 fully saturated rings. The number of anilines is 1. The van der Waals surface area contributed by atoms with E-state index >= 15 is 0 Å². The van der Waals surface area contributed by atoms with Crippen LogP contribution in [0.4, 0.5) is 11.4 Å². The van der Waals surface area contributed by atoms with Crippen molar-refractivity contribution >= 4 is 46.0 Å². The monoisotopic (exact) mass is 514 g/mol. The van der Waals surface area contributed by atoms with Gasteiger partial charge in [0.1, 0.15) is 0 Å². The Morgan fingerprint density at radius 2 is 0.974 bits per heavy atom. The number of carbonyl (C=O) groups is 2. The number of carbonyl (C=O) groups excluding carboxylic acids is 2. The normalized spacial score (nSPS) is 11.0. The Morgan fingerprint density at radius 1 is 0.553 bits per heavy atom. The van der Waals surface area contributed by atoms with Crippen molar-refractivity contribution in [3.8, 4) is 0 Å². The van der Waals surface area contributed by atoms with Gasteiger partial charge >= 0.3 is 0 Å². The molecule has 0 bridgehead atoms. The first kappa shape index (κ1) is 25.1. The van der Waals surface area contributed by atoms with Gasteiger partial charge in [-0.1, -0.05) is 115 Å². The number of nitrogens with zero attached hydrogens (tertiary/aromatic N) is 1. The van der Waals surface area contributed by atoms with Crippen molar-refractivity contribution in [2.75, 3.05) is 5.32 Å². The van der Waals surface area contributed by atoms with Crippen LogP contribution < -0.4 is 21.2 Å². The molecule has 5 aromatic carbocycles. The average molecular weight is 515 g/mol. The Bertz CT molecular complexity index is 1530. The number of nitrogens with one attached hydrogen (secondary N) is 1. The summed E-state index contributed by atoms with van der Waals surface area (Å²) in [5.74, 6) is -0.425. The third-order valence-electron chi connectivity index (χ3n) is 6.35. The maximum Gasteiger partial charge on any atom is 0.257 e. The van der Waals surface area contributed by atoms with Gasteiger partial charge < -0.3 is 5.32 Å². The number of para-hydroxylation sites is 1. The molecule has 0 unspecified atom stereocenters. The van der Waals surface area contributed by atoms with Crippen LogP contribution in [0.5, 0.6) is 0 Å². The fourth-order valence-electron chi connectivity index (χ4n) is 4.55. The van der Waals surface area contributed by atoms with Crippen molar-refractivity contribution in [3.63, 3.8) is 0 Å². The number of hydrogen-bond donors (Lipinski definition) is 1. The summed E-state index contributed by atoms with van der Waals surface area (Å²) in [5, 5.41) is 6.22. The maximum atomic E-state index is 13.6. The number of benzene rings is 5. The first-order valence-electron chi connectivity index (χ1n) is 12.4. The highest BCUT2D eigenvalue weighted by Gasteiger charge is 2.28. The van der Waals surface area contributed by atoms with E-state index in [0.29, 0.717) is 22.5 Å². The predicted octanol–water partition coefficient (Wildman–Crippen LogP) is 6.95. The van der Waals surface area contributed by atoms with Crippen LogP contribution >= 0.6 is 7.05 Å². The highest BCUT2D eigenvalue weighted by atomic mass is 31.2. The van der Waals surface area contributed by atoms with Gasteiger partial charge in [-0.05, 0) is 31.2 Å². The van der Waals surface area contributed by atoms with Crippen molar-refractivity contribution < 1.29 is 9.59 Å². The third kappa shape index (κ3) is 5.00. The van der Waals surface area contributed by atoms with Crippen LogP contribution in [-0.4, -0.2) is 11.7 Å². The van der Waals surface area contributed by atoms with Gasteiger partial charge in [0.05, 0.1) is 24.0 Å². The molecule has 38 heavy (non-hydrogen) atoms. The van der Waals surface area contributed by atoms with Gasteiger partial charge in [-0.2, -0.15) is 0 Å². The molecule has 1 amide bonds. The summed E-state index contributed by atoms with van der Waals surface area (Å²) in [6.45, 7) is 1.49. The number of Topliss-reactive ketones (excluding diaryl/α,β-unsaturated/α-hetero) is 1. The lowest BCUT2D eigenvalue weighted by molar-refractivity contribution is 0.101. The largest absolute Gasteiger partial charge is 0.321 e. The van der Waals surface area contributed by atoms with Crippen LogP contribution in [0.25, 0.3) is 0 Å². The summed E-state index contributed by atoms with van der Waals surface area (Å²) in [6, 6.07) is 45.3. The topological polar surface area (TPSA) is 58.5 Å². The van der Waals surface area contributed by atoms with E-state index in [1.807, 2.05) is 72.8 Å². The minimum Gasteiger partial charge on any atom is -0.321 e. The third-order valence-corrected chi connectivity index (χ3v) is 10.0. The molecular formula is C33H27N2O2P. The maximum absolute atomic E-state index is 13.6. The van der Waals surface area contributed by atoms with Crippen molar-refractivity contribution in [1.82, 2.24) is 0 Å². The molecule has 186 valence electrons. The van der Waals surface area contributed by atoms with Gasteiger partial charge in [-0.15, -0.1) is 0 Å². The van der Waals surface area contributed by atoms with E-state index in [9.17, 15) is 9.59 Å². The zero-order chi connectivity index (χ0) is 26.4. The molecule has 5 aromatic rings. The molecule has 0 aliphatic heterocycles. The van der Waals surface area contributed by atoms with Crippen molar-refractivity contribution in [2.45, 2.75) is 6.92 Å². The Morgan fingerprint density at radius 3 is 1.47 bits per heavy atom. The fourth-order valence-corrected chi connectivity index (χ4v) is 8.10. The van der Waals surface area contributed by atoms with Crippen LogP contribution in [0.3, 0.4) is 0 Å². The Labute approximate surface area is 223 Å². The minimum absolute atomic E-state index is 0.110. The summed E-state index contributed by atoms with van der Waals surface area (Å²) in [6.07, 6.45) is 0. The Balaban J connectivity index is 1.75. The van der Waals surface area contributed by atoms with Crippen LogP contribution in [0.15, 0.2) is 144 Å². The highest BCUT2D eigenvalue weighted by Crippen LogP contribution is 2.49. The standard InChI is InChI=1S/C33H27N2O2P/c1-25(36)29-21-11-13-23-31(29)34-33(37)30-22-12-14-24-32(30)35-38(26-15-5-2-6-16-26,27-17-7-3-8-18-27)28-19-9-4-10-20-28/h2-24H,1H3,(H,34,37). The molecule has 0 saturated heterocycles. The molecule has 5 heteroatoms. The first-order chi connectivity index (χ1) is 18.6. The van der Waals surface area contributed by atoms with E-state index in [-0.39, 0.29) is 11.7 Å². The lowest BCUT2D eigenvalue weighted by Gasteiger charge is -2.27. The molecule has 0 radical (unpaired) electrons. The molecule has 0 aliphatic carbocycles. The van der Waals surface area contributed by atoms with Gasteiger partial charge in [-0.3, -0.25) is 14.3 Å². The van der Waals surface area contributed by atoms with Crippen LogP contribution in [0, 0.1) is 0 Å². The SMILES string of the molecule is CC(=O)c1ccccc1NC(=O)c1ccccc1N=P(c1ccccc1)(c1ccccc1)c1ccccc1. The van der Waals surface area contributed by atoms with E-state index in [1.54, 1.807) is 30.3 Å². The number of ketones is 1. The summed E-state index contributed by atoms with van der Waals surface area (Å²) in [5.41, 5.74) is 1.98. The Kier molecular flexibility index (Phi) is 7.44. The first-order valence-corrected chi connectivity index (χ1v) is 14.1. The van der Waals surface area contributed by atoms with Crippen LogP contribution in [0.1, 0.15) is 27.6 Å². The van der Waals surface area contributed by atoms with E-state index < -0.39 is 7.05 Å². The Hall–Kier alpha value is -4.53. The number of hydrogen-bond acceptors (Lipinski definition) is 3. The van der Waals surface area contributed by atoms with Crippen LogP contribution in [0.2, 0.25) is 0 Å². The number of amides is 1. The lowest BCUT2D eigenvalue weighted by atomic mass is 10.1. The van der Waals surface area contributed by atoms with E-state index in [0.717, 1.165) is 15.9 Å². The summed E-state index contributed by atoms with van der Waals surface area (Å²) >= 11 is 0. The van der Waals surface area contributed by atoms with Crippen molar-refractivity contribution in [1.29, 1.82) is 0 Å². The van der Waals surface area contributed by atoms with E-state index in [2.05, 4.69) is 41.7 Å². The molecule has 0 saturated carbocycles. The van der Waals surface area contributed by atoms with Gasteiger partial charge in [0, 0.05) is 21.5 Å². The van der Waals surface area contributed by atoms with E-state index in [4.69, 9.17) is 4.74 Å². The molecule has 4 nitrogen and oxygen atoms in total. The molecular weight excluding hydrogens is 487 g/mol. The molecule has 0 spiro atoms. The molecule has 0 aliphatic rings. The molecule has 0 aromatic heterocycles. The second kappa shape index (κ2) is 11.2. The van der Waals surface area contributed by atoms with Crippen molar-refractivity contribution in [2.24, 2.45) is 4.74 Å². The summed E-state index contributed by atoms with van der Waals surface area (Å²) < 4.78 is 5.50. The molecule has 0 atom stereocenters. The zero-order valence-electron chi connectivity index (χ0n) is 21.0. The zero-order valence-corrected chi connectivity index (χ0v) is 21.9. The molecule has 0 heterocycles. The quantitative estimate of drug-likeness (QED) is 0.189. The van der Waals surface area contributed by atoms with Gasteiger partial charge in [-0.25, -0.2) is 0 Å². The minimum atomic E-state index is -2.56. The summed E-state index contributed by atoms with van der Waals surface area (Å²) in [7, 11) is -2.56. The molecule has 5 rings (SSSR count). The fraction of sp³-hybridized carbons (Fsp3) is 0.0303. The van der Waals surface area contributed by atoms with E-state index in [1.165, 1.54) is 6.92 Å². The van der Waals surface area contributed by atoms with Crippen molar-refractivity contribution in [3.05, 3.63) is 151 Å². The smallest absolute Gasteiger partial charge is 0.257 e. The molecule has 1 N–H and O–H groups in total. The number of rotatable bonds is 7. The predicted molar refractivity (Wildman–Crippen MR) is 158 cm³/mol. The van der Waals surface area contributed by atoms with Gasteiger partial charge in [0.15, 0.2) is 5.78 Å². The highest BCUT2D eigenvalue weighted by molar-refractivity contribution is 7.87. The van der Waals surface area contributed by atoms with Crippen LogP contribution in [-0.2, 0) is 0 Å². The van der Waals surface area contributed by atoms with Gasteiger partial charge in [0.2, 0.25) is 0 Å². The van der Waals surface area contributed by atoms with Gasteiger partial charge in [0.25, 0.3) is 5.91 Å². The lowest BCUT2D eigenvalue weighted by Crippen LogP contribution is -2.25. The average Bonchev–Trinajstić information content (AvgIpc) is 2.97. The second-order valence-corrected chi connectivity index (χ2v) is 11.8. The second-order valence-electron chi connectivity index (χ2n) is 8.82.